The quantitative estimate of drug-likeness (QED) is 0.627. The fourth-order valence-corrected chi connectivity index (χ4v) is 1.72. The number of nitrogens with one attached hydrogen (secondary N) is 1. The van der Waals surface area contributed by atoms with E-state index < -0.39 is 0 Å². The summed E-state index contributed by atoms with van der Waals surface area (Å²) < 4.78 is 2.09. The van der Waals surface area contributed by atoms with Crippen LogP contribution < -0.4 is 5.32 Å². The van der Waals surface area contributed by atoms with Crippen molar-refractivity contribution in [2.24, 2.45) is 0 Å². The highest BCUT2D eigenvalue weighted by Crippen LogP contribution is 2.11. The number of para-hydroxylation sites is 2. The number of nitrogens with zero attached hydrogens (tertiary/aromatic N) is 2. The maximum atomic E-state index is 10.9. The van der Waals surface area contributed by atoms with E-state index in [0.717, 1.165) is 24.0 Å². The molecule has 0 unspecified atom stereocenters. The third-order valence-electron chi connectivity index (χ3n) is 2.59. The smallest absolute Gasteiger partial charge is 0.243 e. The molecule has 1 aromatic carbocycles. The number of amides is 1. The Morgan fingerprint density at radius 3 is 3.12 bits per heavy atom. The molecule has 0 bridgehead atoms. The maximum absolute atomic E-state index is 10.9. The summed E-state index contributed by atoms with van der Waals surface area (Å²) in [5, 5.41) is 2.75. The van der Waals surface area contributed by atoms with E-state index in [1.165, 1.54) is 6.08 Å². The molecule has 1 heterocycles. The lowest BCUT2D eigenvalue weighted by molar-refractivity contribution is -0.116. The average molecular weight is 229 g/mol. The van der Waals surface area contributed by atoms with Crippen molar-refractivity contribution in [2.45, 2.75) is 13.0 Å². The fraction of sp³-hybridized carbons (Fsp3) is 0.231. The number of imidazole rings is 1. The van der Waals surface area contributed by atoms with Gasteiger partial charge in [-0.25, -0.2) is 4.98 Å². The fourth-order valence-electron chi connectivity index (χ4n) is 1.72. The molecule has 0 aliphatic heterocycles. The van der Waals surface area contributed by atoms with Crippen LogP contribution in [0.25, 0.3) is 11.0 Å². The molecule has 0 radical (unpaired) electrons. The maximum Gasteiger partial charge on any atom is 0.243 e. The van der Waals surface area contributed by atoms with Gasteiger partial charge in [0.25, 0.3) is 0 Å². The minimum Gasteiger partial charge on any atom is -0.353 e. The molecule has 0 aliphatic carbocycles. The molecular formula is C13H15N3O. The first-order valence-electron chi connectivity index (χ1n) is 5.61. The summed E-state index contributed by atoms with van der Waals surface area (Å²) in [5.74, 6) is -0.125. The molecule has 0 aliphatic rings. The molecule has 0 spiro atoms. The first-order valence-corrected chi connectivity index (χ1v) is 5.61. The van der Waals surface area contributed by atoms with Gasteiger partial charge in [0.2, 0.25) is 5.91 Å². The van der Waals surface area contributed by atoms with Gasteiger partial charge in [-0.2, -0.15) is 0 Å². The van der Waals surface area contributed by atoms with Gasteiger partial charge in [0.1, 0.15) is 0 Å². The zero-order chi connectivity index (χ0) is 12.1. The predicted octanol–water partition coefficient (Wildman–Crippen LogP) is 1.73. The summed E-state index contributed by atoms with van der Waals surface area (Å²) in [4.78, 5) is 15.2. The van der Waals surface area contributed by atoms with Crippen molar-refractivity contribution >= 4 is 16.9 Å². The average Bonchev–Trinajstić information content (AvgIpc) is 2.78. The second kappa shape index (κ2) is 5.30. The van der Waals surface area contributed by atoms with E-state index in [0.29, 0.717) is 6.54 Å². The van der Waals surface area contributed by atoms with Crippen LogP contribution in [0, 0.1) is 0 Å². The normalized spacial score (nSPS) is 10.4. The number of rotatable bonds is 5. The monoisotopic (exact) mass is 229 g/mol. The van der Waals surface area contributed by atoms with Crippen molar-refractivity contribution in [3.8, 4) is 0 Å². The second-order valence-electron chi connectivity index (χ2n) is 3.78. The predicted molar refractivity (Wildman–Crippen MR) is 67.6 cm³/mol. The van der Waals surface area contributed by atoms with Crippen molar-refractivity contribution in [1.29, 1.82) is 0 Å². The summed E-state index contributed by atoms with van der Waals surface area (Å²) in [5.41, 5.74) is 2.13. The third kappa shape index (κ3) is 2.72. The van der Waals surface area contributed by atoms with Crippen LogP contribution in [0.1, 0.15) is 6.42 Å². The van der Waals surface area contributed by atoms with Crippen LogP contribution >= 0.6 is 0 Å². The largest absolute Gasteiger partial charge is 0.353 e. The molecule has 17 heavy (non-hydrogen) atoms. The van der Waals surface area contributed by atoms with Crippen LogP contribution in [0.5, 0.6) is 0 Å². The van der Waals surface area contributed by atoms with Crippen molar-refractivity contribution in [3.63, 3.8) is 0 Å². The van der Waals surface area contributed by atoms with Gasteiger partial charge in [-0.1, -0.05) is 18.7 Å². The Bertz CT molecular complexity index is 530. The lowest BCUT2D eigenvalue weighted by Crippen LogP contribution is -2.22. The number of aryl methyl sites for hydroxylation is 1. The van der Waals surface area contributed by atoms with Gasteiger partial charge in [-0.05, 0) is 24.6 Å². The molecule has 0 atom stereocenters. The van der Waals surface area contributed by atoms with Gasteiger partial charge < -0.3 is 9.88 Å². The minimum atomic E-state index is -0.125. The van der Waals surface area contributed by atoms with Gasteiger partial charge in [0.15, 0.2) is 0 Å². The van der Waals surface area contributed by atoms with E-state index in [1.807, 2.05) is 30.6 Å². The summed E-state index contributed by atoms with van der Waals surface area (Å²) in [7, 11) is 0. The number of hydrogen-bond donors (Lipinski definition) is 1. The van der Waals surface area contributed by atoms with Crippen molar-refractivity contribution in [1.82, 2.24) is 14.9 Å². The van der Waals surface area contributed by atoms with E-state index >= 15 is 0 Å². The lowest BCUT2D eigenvalue weighted by atomic mass is 10.3. The van der Waals surface area contributed by atoms with Crippen molar-refractivity contribution in [2.75, 3.05) is 6.54 Å². The number of hydrogen-bond acceptors (Lipinski definition) is 2. The molecule has 88 valence electrons. The summed E-state index contributed by atoms with van der Waals surface area (Å²) in [6.07, 6.45) is 3.99. The zero-order valence-corrected chi connectivity index (χ0v) is 9.60. The Morgan fingerprint density at radius 2 is 2.29 bits per heavy atom. The zero-order valence-electron chi connectivity index (χ0n) is 9.60. The molecule has 1 amide bonds. The topological polar surface area (TPSA) is 46.9 Å². The van der Waals surface area contributed by atoms with Gasteiger partial charge in [-0.15, -0.1) is 0 Å². The van der Waals surface area contributed by atoms with Crippen LogP contribution in [-0.2, 0) is 11.3 Å². The first kappa shape index (κ1) is 11.4. The number of benzene rings is 1. The molecule has 0 saturated heterocycles. The molecule has 4 heteroatoms. The van der Waals surface area contributed by atoms with E-state index in [2.05, 4.69) is 21.4 Å². The van der Waals surface area contributed by atoms with Crippen LogP contribution in [-0.4, -0.2) is 22.0 Å². The SMILES string of the molecule is C=CC(=O)NCCCn1cnc2ccccc21. The first-order chi connectivity index (χ1) is 8.31. The number of carbonyl (C=O) groups is 1. The molecule has 2 rings (SSSR count). The third-order valence-corrected chi connectivity index (χ3v) is 2.59. The molecule has 1 N–H and O–H groups in total. The number of carbonyl (C=O) groups excluding carboxylic acids is 1. The Hall–Kier alpha value is -2.10. The van der Waals surface area contributed by atoms with Crippen LogP contribution in [0.4, 0.5) is 0 Å². The van der Waals surface area contributed by atoms with Crippen LogP contribution in [0.2, 0.25) is 0 Å². The molecule has 1 aromatic heterocycles. The minimum absolute atomic E-state index is 0.125. The Labute approximate surface area is 100.0 Å². The Kier molecular flexibility index (Phi) is 3.55. The molecule has 0 fully saturated rings. The number of fused-ring (bicyclic) bond motifs is 1. The second-order valence-corrected chi connectivity index (χ2v) is 3.78. The highest BCUT2D eigenvalue weighted by atomic mass is 16.1. The van der Waals surface area contributed by atoms with Gasteiger partial charge in [0.05, 0.1) is 17.4 Å². The van der Waals surface area contributed by atoms with E-state index in [4.69, 9.17) is 0 Å². The van der Waals surface area contributed by atoms with E-state index in [-0.39, 0.29) is 5.91 Å². The van der Waals surface area contributed by atoms with Crippen molar-refractivity contribution < 1.29 is 4.79 Å². The number of aromatic nitrogens is 2. The van der Waals surface area contributed by atoms with Gasteiger partial charge >= 0.3 is 0 Å². The van der Waals surface area contributed by atoms with Crippen molar-refractivity contribution in [3.05, 3.63) is 43.2 Å². The molecule has 0 saturated carbocycles. The summed E-state index contributed by atoms with van der Waals surface area (Å²) >= 11 is 0. The van der Waals surface area contributed by atoms with Crippen LogP contribution in [0.15, 0.2) is 43.2 Å². The van der Waals surface area contributed by atoms with E-state index in [1.54, 1.807) is 0 Å². The standard InChI is InChI=1S/C13H15N3O/c1-2-13(17)14-8-5-9-16-10-15-11-6-3-4-7-12(11)16/h2-4,6-7,10H,1,5,8-9H2,(H,14,17). The lowest BCUT2D eigenvalue weighted by Gasteiger charge is -2.04. The Morgan fingerprint density at radius 1 is 1.47 bits per heavy atom. The summed E-state index contributed by atoms with van der Waals surface area (Å²) in [6.45, 7) is 4.90. The highest BCUT2D eigenvalue weighted by molar-refractivity contribution is 5.86. The van der Waals surface area contributed by atoms with Gasteiger partial charge in [0, 0.05) is 13.1 Å². The molecule has 4 nitrogen and oxygen atoms in total. The Balaban J connectivity index is 1.91. The van der Waals surface area contributed by atoms with E-state index in [9.17, 15) is 4.79 Å². The van der Waals surface area contributed by atoms with Gasteiger partial charge in [-0.3, -0.25) is 4.79 Å². The summed E-state index contributed by atoms with van der Waals surface area (Å²) in [6, 6.07) is 8.01. The molecular weight excluding hydrogens is 214 g/mol. The highest BCUT2D eigenvalue weighted by Gasteiger charge is 2.00. The van der Waals surface area contributed by atoms with Crippen LogP contribution in [0.3, 0.4) is 0 Å². The molecule has 2 aromatic rings.